The molecule has 2 aromatic carbocycles. The van der Waals surface area contributed by atoms with Crippen LogP contribution in [0, 0.1) is 5.41 Å². The maximum atomic E-state index is 12.4. The van der Waals surface area contributed by atoms with Gasteiger partial charge < -0.3 is 15.2 Å². The highest BCUT2D eigenvalue weighted by molar-refractivity contribution is 5.82. The number of aliphatic carboxylic acids is 1. The first-order valence-corrected chi connectivity index (χ1v) is 9.92. The Morgan fingerprint density at radius 1 is 1.03 bits per heavy atom. The summed E-state index contributed by atoms with van der Waals surface area (Å²) in [7, 11) is 1.33. The minimum absolute atomic E-state index is 0.00325. The molecule has 8 heteroatoms. The minimum Gasteiger partial charge on any atom is -0.479 e. The lowest BCUT2D eigenvalue weighted by Gasteiger charge is -2.28. The number of carboxylic acid groups (broad SMARTS) is 1. The Hall–Kier alpha value is -3.39. The van der Waals surface area contributed by atoms with E-state index >= 15 is 0 Å². The number of rotatable bonds is 8. The quantitative estimate of drug-likeness (QED) is 0.629. The molecule has 0 unspecified atom stereocenters. The van der Waals surface area contributed by atoms with Crippen LogP contribution in [0.5, 0.6) is 0 Å². The molecule has 0 saturated carbocycles. The highest BCUT2D eigenvalue weighted by atomic mass is 16.7. The summed E-state index contributed by atoms with van der Waals surface area (Å²) in [5.41, 5.74) is 3.50. The molecule has 0 spiro atoms. The van der Waals surface area contributed by atoms with E-state index in [4.69, 9.17) is 14.7 Å². The van der Waals surface area contributed by atoms with Gasteiger partial charge in [-0.1, -0.05) is 48.5 Å². The standard InChI is InChI=1S/C23H26N2O6/c1-23(2,21(28)25(3)31-13-20(26)27)14-24-22(29)30-12-19-17-10-6-4-8-15(17)16-9-5-7-11-18(16)19/h4-11,19H,12-14H2,1-3H3,(H,24,29)(H,26,27). The zero-order chi connectivity index (χ0) is 22.6. The van der Waals surface area contributed by atoms with Crippen molar-refractivity contribution in [2.24, 2.45) is 5.41 Å². The van der Waals surface area contributed by atoms with Crippen molar-refractivity contribution in [3.05, 3.63) is 59.7 Å². The van der Waals surface area contributed by atoms with Gasteiger partial charge in [0.05, 0.1) is 5.41 Å². The second-order valence-corrected chi connectivity index (χ2v) is 8.03. The van der Waals surface area contributed by atoms with E-state index in [9.17, 15) is 14.4 Å². The van der Waals surface area contributed by atoms with E-state index in [1.54, 1.807) is 13.8 Å². The van der Waals surface area contributed by atoms with Crippen LogP contribution in [0.3, 0.4) is 0 Å². The Kier molecular flexibility index (Phi) is 6.60. The number of nitrogens with one attached hydrogen (secondary N) is 1. The lowest BCUT2D eigenvalue weighted by molar-refractivity contribution is -0.192. The molecule has 1 aliphatic rings. The molecule has 2 amide bonds. The third-order valence-electron chi connectivity index (χ3n) is 5.26. The highest BCUT2D eigenvalue weighted by Gasteiger charge is 2.33. The van der Waals surface area contributed by atoms with E-state index in [1.165, 1.54) is 7.05 Å². The number of alkyl carbamates (subject to hydrolysis) is 1. The van der Waals surface area contributed by atoms with Gasteiger partial charge in [-0.05, 0) is 36.1 Å². The van der Waals surface area contributed by atoms with E-state index < -0.39 is 30.0 Å². The molecule has 0 heterocycles. The molecule has 8 nitrogen and oxygen atoms in total. The Labute approximate surface area is 180 Å². The minimum atomic E-state index is -1.19. The van der Waals surface area contributed by atoms with Gasteiger partial charge in [0, 0.05) is 19.5 Å². The molecule has 0 bridgehead atoms. The van der Waals surface area contributed by atoms with Crippen molar-refractivity contribution in [3.63, 3.8) is 0 Å². The second kappa shape index (κ2) is 9.18. The van der Waals surface area contributed by atoms with Crippen LogP contribution in [-0.4, -0.2) is 54.9 Å². The van der Waals surface area contributed by atoms with E-state index in [0.29, 0.717) is 0 Å². The lowest BCUT2D eigenvalue weighted by Crippen LogP contribution is -2.46. The number of ether oxygens (including phenoxy) is 1. The number of amides is 2. The van der Waals surface area contributed by atoms with Crippen molar-refractivity contribution in [2.75, 3.05) is 26.8 Å². The monoisotopic (exact) mass is 426 g/mol. The second-order valence-electron chi connectivity index (χ2n) is 8.03. The highest BCUT2D eigenvalue weighted by Crippen LogP contribution is 2.44. The van der Waals surface area contributed by atoms with Crippen LogP contribution in [0.25, 0.3) is 11.1 Å². The van der Waals surface area contributed by atoms with Gasteiger partial charge in [-0.25, -0.2) is 14.7 Å². The van der Waals surface area contributed by atoms with E-state index in [2.05, 4.69) is 17.4 Å². The van der Waals surface area contributed by atoms with E-state index in [1.807, 2.05) is 36.4 Å². The SMILES string of the molecule is CN(OCC(=O)O)C(=O)C(C)(C)CNC(=O)OCC1c2ccccc2-c2ccccc21. The summed E-state index contributed by atoms with van der Waals surface area (Å²) >= 11 is 0. The van der Waals surface area contributed by atoms with Crippen molar-refractivity contribution >= 4 is 18.0 Å². The van der Waals surface area contributed by atoms with Crippen molar-refractivity contribution in [1.82, 2.24) is 10.4 Å². The molecule has 0 fully saturated rings. The molecule has 0 saturated heterocycles. The smallest absolute Gasteiger partial charge is 0.407 e. The number of carbonyl (C=O) groups excluding carboxylic acids is 2. The van der Waals surface area contributed by atoms with Gasteiger partial charge in [0.2, 0.25) is 0 Å². The molecule has 2 aromatic rings. The van der Waals surface area contributed by atoms with E-state index in [0.717, 1.165) is 27.3 Å². The topological polar surface area (TPSA) is 105 Å². The van der Waals surface area contributed by atoms with Crippen LogP contribution in [-0.2, 0) is 19.2 Å². The predicted octanol–water partition coefficient (Wildman–Crippen LogP) is 3.03. The molecule has 0 atom stereocenters. The normalized spacial score (nSPS) is 12.6. The van der Waals surface area contributed by atoms with Crippen molar-refractivity contribution in [3.8, 4) is 11.1 Å². The van der Waals surface area contributed by atoms with Gasteiger partial charge in [0.15, 0.2) is 6.61 Å². The fourth-order valence-electron chi connectivity index (χ4n) is 3.66. The summed E-state index contributed by atoms with van der Waals surface area (Å²) in [4.78, 5) is 40.2. The molecule has 164 valence electrons. The van der Waals surface area contributed by atoms with Gasteiger partial charge in [0.1, 0.15) is 6.61 Å². The van der Waals surface area contributed by atoms with Crippen LogP contribution in [0.2, 0.25) is 0 Å². The number of fused-ring (bicyclic) bond motifs is 3. The average Bonchev–Trinajstić information content (AvgIpc) is 3.08. The van der Waals surface area contributed by atoms with Gasteiger partial charge >= 0.3 is 12.1 Å². The molecule has 0 aromatic heterocycles. The lowest BCUT2D eigenvalue weighted by atomic mass is 9.92. The van der Waals surface area contributed by atoms with Crippen LogP contribution in [0.4, 0.5) is 4.79 Å². The molecule has 0 radical (unpaired) electrons. The third-order valence-corrected chi connectivity index (χ3v) is 5.26. The number of hydroxylamine groups is 2. The molecule has 0 aliphatic heterocycles. The fourth-order valence-corrected chi connectivity index (χ4v) is 3.66. The van der Waals surface area contributed by atoms with Crippen molar-refractivity contribution in [2.45, 2.75) is 19.8 Å². The summed E-state index contributed by atoms with van der Waals surface area (Å²) in [5, 5.41) is 12.1. The fraction of sp³-hybridized carbons (Fsp3) is 0.348. The van der Waals surface area contributed by atoms with Crippen LogP contribution in [0.1, 0.15) is 30.9 Å². The number of hydrogen-bond acceptors (Lipinski definition) is 5. The number of carboxylic acids is 1. The Morgan fingerprint density at radius 2 is 1.58 bits per heavy atom. The first kappa shape index (κ1) is 22.3. The summed E-state index contributed by atoms with van der Waals surface area (Å²) in [6, 6.07) is 16.1. The molecule has 31 heavy (non-hydrogen) atoms. The van der Waals surface area contributed by atoms with Crippen LogP contribution < -0.4 is 5.32 Å². The first-order valence-electron chi connectivity index (χ1n) is 9.92. The molecule has 3 rings (SSSR count). The van der Waals surface area contributed by atoms with Gasteiger partial charge in [0.25, 0.3) is 5.91 Å². The summed E-state index contributed by atoms with van der Waals surface area (Å²) < 4.78 is 5.47. The molecular weight excluding hydrogens is 400 g/mol. The van der Waals surface area contributed by atoms with Gasteiger partial charge in [-0.15, -0.1) is 0 Å². The number of benzene rings is 2. The van der Waals surface area contributed by atoms with Crippen molar-refractivity contribution < 1.29 is 29.1 Å². The Bertz CT molecular complexity index is 942. The average molecular weight is 426 g/mol. The maximum Gasteiger partial charge on any atom is 0.407 e. The number of nitrogens with zero attached hydrogens (tertiary/aromatic N) is 1. The number of hydrogen-bond donors (Lipinski definition) is 2. The Morgan fingerprint density at radius 3 is 2.13 bits per heavy atom. The molecular formula is C23H26N2O6. The summed E-state index contributed by atoms with van der Waals surface area (Å²) in [5.74, 6) is -1.70. The largest absolute Gasteiger partial charge is 0.479 e. The summed E-state index contributed by atoms with van der Waals surface area (Å²) in [6.07, 6.45) is -0.628. The third kappa shape index (κ3) is 5.03. The van der Waals surface area contributed by atoms with Gasteiger partial charge in [-0.2, -0.15) is 0 Å². The van der Waals surface area contributed by atoms with Crippen LogP contribution in [0.15, 0.2) is 48.5 Å². The first-order chi connectivity index (χ1) is 14.7. The predicted molar refractivity (Wildman–Crippen MR) is 113 cm³/mol. The maximum absolute atomic E-state index is 12.4. The molecule has 2 N–H and O–H groups in total. The Balaban J connectivity index is 1.56. The number of carbonyl (C=O) groups is 3. The van der Waals surface area contributed by atoms with Crippen molar-refractivity contribution in [1.29, 1.82) is 0 Å². The van der Waals surface area contributed by atoms with Gasteiger partial charge in [-0.3, -0.25) is 9.63 Å². The zero-order valence-electron chi connectivity index (χ0n) is 17.8. The van der Waals surface area contributed by atoms with Crippen LogP contribution >= 0.6 is 0 Å². The zero-order valence-corrected chi connectivity index (χ0v) is 17.8. The van der Waals surface area contributed by atoms with E-state index in [-0.39, 0.29) is 19.1 Å². The molecule has 1 aliphatic carbocycles. The summed E-state index contributed by atoms with van der Waals surface area (Å²) in [6.45, 7) is 2.80.